The highest BCUT2D eigenvalue weighted by molar-refractivity contribution is 9.10. The number of aromatic nitrogens is 1. The topological polar surface area (TPSA) is 59.2 Å². The van der Waals surface area contributed by atoms with Gasteiger partial charge in [-0.25, -0.2) is 4.98 Å². The second-order valence-corrected chi connectivity index (χ2v) is 5.17. The van der Waals surface area contributed by atoms with E-state index in [1.54, 1.807) is 23.2 Å². The molecule has 2 heterocycles. The van der Waals surface area contributed by atoms with Crippen LogP contribution in [0, 0.1) is 5.92 Å². The van der Waals surface area contributed by atoms with Crippen LogP contribution in [0.3, 0.4) is 0 Å². The van der Waals surface area contributed by atoms with E-state index in [1.807, 2.05) is 0 Å². The molecule has 0 aliphatic carbocycles. The number of carbonyl (C=O) groups excluding carboxylic acids is 1. The lowest BCUT2D eigenvalue weighted by Gasteiger charge is -2.21. The van der Waals surface area contributed by atoms with Crippen molar-refractivity contribution in [1.82, 2.24) is 4.98 Å². The quantitative estimate of drug-likeness (QED) is 0.924. The summed E-state index contributed by atoms with van der Waals surface area (Å²) in [7, 11) is 0. The van der Waals surface area contributed by atoms with Gasteiger partial charge >= 0.3 is 5.92 Å². The highest BCUT2D eigenvalue weighted by Crippen LogP contribution is 2.33. The van der Waals surface area contributed by atoms with Crippen molar-refractivity contribution in [1.29, 1.82) is 0 Å². The predicted octanol–water partition coefficient (Wildman–Crippen LogP) is 1.79. The first-order valence-electron chi connectivity index (χ1n) is 5.45. The Kier molecular flexibility index (Phi) is 3.52. The third-order valence-corrected chi connectivity index (χ3v) is 3.53. The number of anilines is 1. The van der Waals surface area contributed by atoms with E-state index in [1.165, 1.54) is 0 Å². The first-order valence-corrected chi connectivity index (χ1v) is 6.25. The molecule has 7 heteroatoms. The molecule has 4 nitrogen and oxygen atoms in total. The fourth-order valence-corrected chi connectivity index (χ4v) is 2.26. The number of rotatable bonds is 3. The maximum absolute atomic E-state index is 13.5. The number of primary amides is 1. The lowest BCUT2D eigenvalue weighted by Crippen LogP contribution is -2.43. The third-order valence-electron chi connectivity index (χ3n) is 3.07. The summed E-state index contributed by atoms with van der Waals surface area (Å²) in [5, 5.41) is 0. The van der Waals surface area contributed by atoms with Gasteiger partial charge in [0.15, 0.2) is 0 Å². The number of amides is 1. The second kappa shape index (κ2) is 4.79. The molecule has 1 fully saturated rings. The Hall–Kier alpha value is -1.24. The van der Waals surface area contributed by atoms with Gasteiger partial charge in [-0.05, 0) is 34.5 Å². The monoisotopic (exact) mass is 319 g/mol. The Bertz CT molecular complexity index is 452. The smallest absolute Gasteiger partial charge is 0.328 e. The Labute approximate surface area is 111 Å². The molecule has 1 atom stereocenters. The zero-order valence-electron chi connectivity index (χ0n) is 9.44. The van der Waals surface area contributed by atoms with Crippen molar-refractivity contribution in [2.45, 2.75) is 12.3 Å². The molecule has 0 aromatic carbocycles. The van der Waals surface area contributed by atoms with Gasteiger partial charge in [0.2, 0.25) is 0 Å². The van der Waals surface area contributed by atoms with Crippen LogP contribution in [-0.2, 0) is 4.79 Å². The Morgan fingerprint density at radius 3 is 2.83 bits per heavy atom. The van der Waals surface area contributed by atoms with Gasteiger partial charge in [-0.1, -0.05) is 0 Å². The minimum absolute atomic E-state index is 0.0879. The van der Waals surface area contributed by atoms with Gasteiger partial charge in [0.05, 0.1) is 5.92 Å². The summed E-state index contributed by atoms with van der Waals surface area (Å²) in [6.45, 7) is 0.534. The fraction of sp³-hybridized carbons (Fsp3) is 0.455. The maximum Gasteiger partial charge on any atom is 0.328 e. The van der Waals surface area contributed by atoms with Crippen LogP contribution in [0.2, 0.25) is 0 Å². The molecular weight excluding hydrogens is 308 g/mol. The molecule has 0 bridgehead atoms. The van der Waals surface area contributed by atoms with E-state index in [9.17, 15) is 13.6 Å². The van der Waals surface area contributed by atoms with Crippen LogP contribution in [0.4, 0.5) is 14.6 Å². The van der Waals surface area contributed by atoms with Gasteiger partial charge in [0.1, 0.15) is 5.82 Å². The van der Waals surface area contributed by atoms with Crippen molar-refractivity contribution in [2.24, 2.45) is 11.7 Å². The van der Waals surface area contributed by atoms with E-state index >= 15 is 0 Å². The van der Waals surface area contributed by atoms with Crippen molar-refractivity contribution in [3.05, 3.63) is 22.8 Å². The molecule has 1 aromatic heterocycles. The molecule has 1 amide bonds. The van der Waals surface area contributed by atoms with Crippen molar-refractivity contribution in [3.63, 3.8) is 0 Å². The minimum Gasteiger partial charge on any atom is -0.364 e. The van der Waals surface area contributed by atoms with Crippen LogP contribution in [-0.4, -0.2) is 29.9 Å². The van der Waals surface area contributed by atoms with Crippen molar-refractivity contribution in [3.8, 4) is 0 Å². The fourth-order valence-electron chi connectivity index (χ4n) is 2.02. The number of carbonyl (C=O) groups is 1. The Morgan fingerprint density at radius 2 is 2.28 bits per heavy atom. The van der Waals surface area contributed by atoms with E-state index < -0.39 is 17.7 Å². The number of pyridine rings is 1. The highest BCUT2D eigenvalue weighted by atomic mass is 79.9. The van der Waals surface area contributed by atoms with Crippen molar-refractivity contribution in [2.75, 3.05) is 18.0 Å². The molecule has 98 valence electrons. The second-order valence-electron chi connectivity index (χ2n) is 4.25. The highest BCUT2D eigenvalue weighted by Gasteiger charge is 2.48. The molecule has 2 N–H and O–H groups in total. The summed E-state index contributed by atoms with van der Waals surface area (Å²) in [4.78, 5) is 16.6. The number of hydrogen-bond acceptors (Lipinski definition) is 3. The van der Waals surface area contributed by atoms with Gasteiger partial charge in [-0.15, -0.1) is 0 Å². The third kappa shape index (κ3) is 2.45. The van der Waals surface area contributed by atoms with Crippen molar-refractivity contribution >= 4 is 27.7 Å². The number of alkyl halides is 2. The molecule has 18 heavy (non-hydrogen) atoms. The molecular formula is C11H12BrF2N3O. The Balaban J connectivity index is 2.09. The summed E-state index contributed by atoms with van der Waals surface area (Å²) < 4.78 is 27.8. The van der Waals surface area contributed by atoms with Gasteiger partial charge in [-0.2, -0.15) is 8.78 Å². The van der Waals surface area contributed by atoms with E-state index in [2.05, 4.69) is 20.9 Å². The number of nitrogens with zero attached hydrogens (tertiary/aromatic N) is 2. The normalized spacial score (nSPS) is 20.2. The van der Waals surface area contributed by atoms with Crippen LogP contribution in [0.5, 0.6) is 0 Å². The molecule has 0 spiro atoms. The molecule has 1 saturated heterocycles. The average Bonchev–Trinajstić information content (AvgIpc) is 2.79. The molecule has 2 rings (SSSR count). The lowest BCUT2D eigenvalue weighted by molar-refractivity contribution is -0.148. The molecule has 1 aliphatic rings. The van der Waals surface area contributed by atoms with E-state index in [4.69, 9.17) is 5.73 Å². The standard InChI is InChI=1S/C11H12BrF2N3O/c12-8-1-2-9(16-5-8)17-4-3-7(6-17)11(13,14)10(15)18/h1-2,5,7H,3-4,6H2,(H2,15,18)/t7-/m1/s1. The largest absolute Gasteiger partial charge is 0.364 e. The number of halogens is 3. The maximum atomic E-state index is 13.5. The predicted molar refractivity (Wildman–Crippen MR) is 66.4 cm³/mol. The number of hydrogen-bond donors (Lipinski definition) is 1. The van der Waals surface area contributed by atoms with Crippen LogP contribution in [0.1, 0.15) is 6.42 Å². The SMILES string of the molecule is NC(=O)C(F)(F)[C@@H]1CCN(c2ccc(Br)cn2)C1. The minimum atomic E-state index is -3.45. The van der Waals surface area contributed by atoms with Crippen molar-refractivity contribution < 1.29 is 13.6 Å². The number of nitrogens with two attached hydrogens (primary N) is 1. The molecule has 0 saturated carbocycles. The van der Waals surface area contributed by atoms with Crippen LogP contribution in [0.15, 0.2) is 22.8 Å². The first-order chi connectivity index (χ1) is 8.41. The van der Waals surface area contributed by atoms with Crippen LogP contribution >= 0.6 is 15.9 Å². The van der Waals surface area contributed by atoms with E-state index in [-0.39, 0.29) is 13.0 Å². The zero-order valence-corrected chi connectivity index (χ0v) is 11.0. The van der Waals surface area contributed by atoms with Crippen LogP contribution in [0.25, 0.3) is 0 Å². The van der Waals surface area contributed by atoms with E-state index in [0.29, 0.717) is 12.4 Å². The van der Waals surface area contributed by atoms with Gasteiger partial charge in [-0.3, -0.25) is 4.79 Å². The summed E-state index contributed by atoms with van der Waals surface area (Å²) >= 11 is 3.25. The van der Waals surface area contributed by atoms with Gasteiger partial charge < -0.3 is 10.6 Å². The summed E-state index contributed by atoms with van der Waals surface area (Å²) in [5.41, 5.74) is 4.72. The lowest BCUT2D eigenvalue weighted by atomic mass is 10.0. The molecule has 1 aliphatic heterocycles. The Morgan fingerprint density at radius 1 is 1.56 bits per heavy atom. The summed E-state index contributed by atoms with van der Waals surface area (Å²) in [5.74, 6) is -5.43. The first kappa shape index (κ1) is 13.2. The van der Waals surface area contributed by atoms with E-state index in [0.717, 1.165) is 4.47 Å². The molecule has 0 radical (unpaired) electrons. The zero-order chi connectivity index (χ0) is 13.3. The van der Waals surface area contributed by atoms with Gasteiger partial charge in [0, 0.05) is 23.8 Å². The molecule has 0 unspecified atom stereocenters. The summed E-state index contributed by atoms with van der Waals surface area (Å²) in [6.07, 6.45) is 1.84. The average molecular weight is 320 g/mol. The summed E-state index contributed by atoms with van der Waals surface area (Å²) in [6, 6.07) is 3.54. The van der Waals surface area contributed by atoms with Crippen LogP contribution < -0.4 is 10.6 Å². The molecule has 1 aromatic rings. The van der Waals surface area contributed by atoms with Gasteiger partial charge in [0.25, 0.3) is 5.91 Å².